The predicted molar refractivity (Wildman–Crippen MR) is 84.3 cm³/mol. The van der Waals surface area contributed by atoms with Crippen molar-refractivity contribution in [3.63, 3.8) is 0 Å². The Kier molecular flexibility index (Phi) is 2.95. The maximum atomic E-state index is 6.88. The third kappa shape index (κ3) is 1.79. The summed E-state index contributed by atoms with van der Waals surface area (Å²) in [6.07, 6.45) is 8.07. The van der Waals surface area contributed by atoms with Crippen LogP contribution in [0.1, 0.15) is 44.1 Å². The Morgan fingerprint density at radius 2 is 1.95 bits per heavy atom. The molecule has 4 fully saturated rings. The van der Waals surface area contributed by atoms with Gasteiger partial charge in [-0.1, -0.05) is 30.3 Å². The summed E-state index contributed by atoms with van der Waals surface area (Å²) in [5, 5.41) is 0. The van der Waals surface area contributed by atoms with Gasteiger partial charge >= 0.3 is 0 Å². The Morgan fingerprint density at radius 3 is 2.55 bits per heavy atom. The van der Waals surface area contributed by atoms with Crippen molar-refractivity contribution in [1.82, 2.24) is 0 Å². The lowest BCUT2D eigenvalue weighted by Crippen LogP contribution is -2.44. The Bertz CT molecular complexity index is 562. The summed E-state index contributed by atoms with van der Waals surface area (Å²) < 4.78 is 12.9. The second-order valence-electron chi connectivity index (χ2n) is 7.75. The molecular weight excluding hydrogens is 274 g/mol. The fourth-order valence-corrected chi connectivity index (χ4v) is 5.67. The number of fused-ring (bicyclic) bond motifs is 4. The average Bonchev–Trinajstić information content (AvgIpc) is 3.30. The van der Waals surface area contributed by atoms with Crippen LogP contribution >= 0.6 is 0 Å². The van der Waals surface area contributed by atoms with E-state index in [-0.39, 0.29) is 11.7 Å². The molecular formula is C19H25NO2. The van der Waals surface area contributed by atoms with Crippen molar-refractivity contribution in [2.45, 2.75) is 68.5 Å². The van der Waals surface area contributed by atoms with Crippen LogP contribution < -0.4 is 5.73 Å². The Morgan fingerprint density at radius 1 is 1.09 bits per heavy atom. The van der Waals surface area contributed by atoms with Crippen molar-refractivity contribution in [2.75, 3.05) is 0 Å². The zero-order chi connectivity index (χ0) is 14.7. The predicted octanol–water partition coefficient (Wildman–Crippen LogP) is 2.98. The van der Waals surface area contributed by atoms with Crippen LogP contribution in [-0.4, -0.2) is 24.4 Å². The monoisotopic (exact) mass is 299 g/mol. The molecule has 2 saturated carbocycles. The van der Waals surface area contributed by atoms with Crippen molar-refractivity contribution in [1.29, 1.82) is 0 Å². The molecule has 1 aromatic rings. The normalized spacial score (nSPS) is 49.1. The summed E-state index contributed by atoms with van der Waals surface area (Å²) >= 11 is 0. The second kappa shape index (κ2) is 4.80. The molecule has 2 aliphatic heterocycles. The van der Waals surface area contributed by atoms with Crippen LogP contribution in [0.5, 0.6) is 0 Å². The van der Waals surface area contributed by atoms with Gasteiger partial charge in [-0.05, 0) is 43.6 Å². The molecule has 3 heteroatoms. The Hall–Kier alpha value is -0.900. The molecule has 1 aromatic carbocycles. The summed E-state index contributed by atoms with van der Waals surface area (Å²) in [4.78, 5) is 0. The summed E-state index contributed by atoms with van der Waals surface area (Å²) in [7, 11) is 0. The third-order valence-electron chi connectivity index (χ3n) is 6.70. The van der Waals surface area contributed by atoms with Crippen LogP contribution in [0.2, 0.25) is 0 Å². The maximum absolute atomic E-state index is 6.88. The number of rotatable bonds is 3. The number of nitrogens with two attached hydrogens (primary N) is 1. The maximum Gasteiger partial charge on any atom is 0.0982 e. The molecule has 0 spiro atoms. The smallest absolute Gasteiger partial charge is 0.0982 e. The van der Waals surface area contributed by atoms with E-state index in [1.807, 2.05) is 0 Å². The van der Waals surface area contributed by atoms with E-state index in [0.29, 0.717) is 30.1 Å². The van der Waals surface area contributed by atoms with E-state index in [1.165, 1.54) is 31.2 Å². The molecule has 7 unspecified atom stereocenters. The number of benzene rings is 1. The van der Waals surface area contributed by atoms with E-state index in [4.69, 9.17) is 15.2 Å². The highest BCUT2D eigenvalue weighted by molar-refractivity contribution is 5.29. The molecule has 4 aliphatic rings. The molecule has 118 valence electrons. The Labute approximate surface area is 132 Å². The molecule has 0 amide bonds. The van der Waals surface area contributed by atoms with Crippen LogP contribution in [0.25, 0.3) is 0 Å². The average molecular weight is 299 g/mol. The molecule has 4 bridgehead atoms. The first-order chi connectivity index (χ1) is 10.8. The summed E-state index contributed by atoms with van der Waals surface area (Å²) in [5.74, 6) is 1.10. The highest BCUT2D eigenvalue weighted by Crippen LogP contribution is 2.58. The fourth-order valence-electron chi connectivity index (χ4n) is 5.67. The first kappa shape index (κ1) is 13.5. The number of hydrogen-bond acceptors (Lipinski definition) is 3. The summed E-state index contributed by atoms with van der Waals surface area (Å²) in [5.41, 5.74) is 7.71. The van der Waals surface area contributed by atoms with Crippen LogP contribution in [0.15, 0.2) is 30.3 Å². The van der Waals surface area contributed by atoms with E-state index in [2.05, 4.69) is 30.3 Å². The van der Waals surface area contributed by atoms with Crippen LogP contribution in [0.4, 0.5) is 0 Å². The molecule has 0 radical (unpaired) electrons. The van der Waals surface area contributed by atoms with Gasteiger partial charge in [0.2, 0.25) is 0 Å². The lowest BCUT2D eigenvalue weighted by Gasteiger charge is -2.41. The standard InChI is InChI=1S/C19H25NO2/c20-18-12-6-8-15(18)19(11-12,13-4-2-1-3-5-13)22-17-10-14-7-9-16(17)21-14/h1-5,12,14-18H,6-11,20H2. The van der Waals surface area contributed by atoms with Crippen LogP contribution in [0, 0.1) is 11.8 Å². The quantitative estimate of drug-likeness (QED) is 0.933. The van der Waals surface area contributed by atoms with Gasteiger partial charge in [-0.3, -0.25) is 0 Å². The van der Waals surface area contributed by atoms with Gasteiger partial charge in [-0.2, -0.15) is 0 Å². The largest absolute Gasteiger partial charge is 0.372 e. The van der Waals surface area contributed by atoms with Gasteiger partial charge in [-0.15, -0.1) is 0 Å². The summed E-state index contributed by atoms with van der Waals surface area (Å²) in [6.45, 7) is 0. The van der Waals surface area contributed by atoms with Gasteiger partial charge in [0.05, 0.1) is 23.9 Å². The van der Waals surface area contributed by atoms with Crippen LogP contribution in [0.3, 0.4) is 0 Å². The van der Waals surface area contributed by atoms with Crippen molar-refractivity contribution in [3.8, 4) is 0 Å². The minimum atomic E-state index is -0.165. The van der Waals surface area contributed by atoms with Crippen molar-refractivity contribution in [3.05, 3.63) is 35.9 Å². The van der Waals surface area contributed by atoms with Gasteiger partial charge in [0.25, 0.3) is 0 Å². The van der Waals surface area contributed by atoms with E-state index < -0.39 is 0 Å². The Balaban J connectivity index is 1.50. The number of hydrogen-bond donors (Lipinski definition) is 1. The fraction of sp³-hybridized carbons (Fsp3) is 0.684. The lowest BCUT2D eigenvalue weighted by atomic mass is 9.78. The first-order valence-corrected chi connectivity index (χ1v) is 8.91. The highest BCUT2D eigenvalue weighted by atomic mass is 16.6. The first-order valence-electron chi connectivity index (χ1n) is 8.91. The van der Waals surface area contributed by atoms with Gasteiger partial charge in [0.1, 0.15) is 0 Å². The van der Waals surface area contributed by atoms with Gasteiger partial charge in [0.15, 0.2) is 0 Å². The SMILES string of the molecule is NC1C2CCC1C(OC1CC3CCC1O3)(c1ccccc1)C2. The van der Waals surface area contributed by atoms with Crippen molar-refractivity contribution >= 4 is 0 Å². The molecule has 2 saturated heterocycles. The molecule has 2 heterocycles. The van der Waals surface area contributed by atoms with E-state index in [9.17, 15) is 0 Å². The van der Waals surface area contributed by atoms with E-state index in [0.717, 1.165) is 12.8 Å². The molecule has 7 atom stereocenters. The van der Waals surface area contributed by atoms with E-state index >= 15 is 0 Å². The zero-order valence-corrected chi connectivity index (χ0v) is 13.0. The van der Waals surface area contributed by atoms with Crippen molar-refractivity contribution < 1.29 is 9.47 Å². The molecule has 3 nitrogen and oxygen atoms in total. The van der Waals surface area contributed by atoms with Crippen molar-refractivity contribution in [2.24, 2.45) is 17.6 Å². The second-order valence-corrected chi connectivity index (χ2v) is 7.75. The minimum Gasteiger partial charge on any atom is -0.372 e. The summed E-state index contributed by atoms with van der Waals surface area (Å²) in [6, 6.07) is 11.1. The molecule has 2 aliphatic carbocycles. The molecule has 2 N–H and O–H groups in total. The minimum absolute atomic E-state index is 0.165. The topological polar surface area (TPSA) is 44.5 Å². The molecule has 0 aromatic heterocycles. The number of ether oxygens (including phenoxy) is 2. The van der Waals surface area contributed by atoms with Crippen LogP contribution in [-0.2, 0) is 15.1 Å². The third-order valence-corrected chi connectivity index (χ3v) is 6.70. The highest BCUT2D eigenvalue weighted by Gasteiger charge is 2.59. The molecule has 22 heavy (non-hydrogen) atoms. The van der Waals surface area contributed by atoms with Gasteiger partial charge in [-0.25, -0.2) is 0 Å². The van der Waals surface area contributed by atoms with E-state index in [1.54, 1.807) is 0 Å². The van der Waals surface area contributed by atoms with Gasteiger partial charge in [0, 0.05) is 18.4 Å². The lowest BCUT2D eigenvalue weighted by molar-refractivity contribution is -0.147. The zero-order valence-electron chi connectivity index (χ0n) is 13.0. The molecule has 5 rings (SSSR count). The van der Waals surface area contributed by atoms with Gasteiger partial charge < -0.3 is 15.2 Å².